The Morgan fingerprint density at radius 3 is 3.05 bits per heavy atom. The predicted octanol–water partition coefficient (Wildman–Crippen LogP) is 3.21. The summed E-state index contributed by atoms with van der Waals surface area (Å²) in [5.74, 6) is 1.11. The average molecular weight is 313 g/mol. The summed E-state index contributed by atoms with van der Waals surface area (Å²) in [4.78, 5) is 18.2. The molecule has 5 nitrogen and oxygen atoms in total. The maximum atomic E-state index is 4.62. The molecule has 4 rings (SSSR count). The fourth-order valence-corrected chi connectivity index (χ4v) is 4.49. The van der Waals surface area contributed by atoms with Crippen LogP contribution in [0.2, 0.25) is 0 Å². The van der Waals surface area contributed by atoms with E-state index in [1.54, 1.807) is 17.7 Å². The van der Waals surface area contributed by atoms with Gasteiger partial charge in [-0.05, 0) is 25.3 Å². The van der Waals surface area contributed by atoms with E-state index in [1.165, 1.54) is 15.8 Å². The van der Waals surface area contributed by atoms with Gasteiger partial charge in [0.2, 0.25) is 0 Å². The van der Waals surface area contributed by atoms with Crippen molar-refractivity contribution in [1.29, 1.82) is 0 Å². The van der Waals surface area contributed by atoms with Crippen LogP contribution in [0.4, 0.5) is 5.82 Å². The average Bonchev–Trinajstić information content (AvgIpc) is 3.25. The highest BCUT2D eigenvalue weighted by atomic mass is 32.1. The maximum absolute atomic E-state index is 4.62. The van der Waals surface area contributed by atoms with Crippen LogP contribution in [0, 0.1) is 6.92 Å². The van der Waals surface area contributed by atoms with Gasteiger partial charge in [0.05, 0.1) is 17.8 Å². The molecule has 3 aromatic heterocycles. The van der Waals surface area contributed by atoms with Gasteiger partial charge >= 0.3 is 0 Å². The van der Waals surface area contributed by atoms with Crippen LogP contribution < -0.4 is 4.90 Å². The van der Waals surface area contributed by atoms with Gasteiger partial charge in [0, 0.05) is 30.4 Å². The summed E-state index contributed by atoms with van der Waals surface area (Å²) in [6.07, 6.45) is 9.68. The van der Waals surface area contributed by atoms with Crippen molar-refractivity contribution in [3.05, 3.63) is 35.5 Å². The number of aryl methyl sites for hydroxylation is 2. The molecule has 4 heterocycles. The summed E-state index contributed by atoms with van der Waals surface area (Å²) in [7, 11) is 0. The second kappa shape index (κ2) is 5.35. The largest absolute Gasteiger partial charge is 0.354 e. The third-order valence-corrected chi connectivity index (χ3v) is 5.59. The van der Waals surface area contributed by atoms with E-state index in [9.17, 15) is 0 Å². The highest BCUT2D eigenvalue weighted by molar-refractivity contribution is 7.18. The number of anilines is 1. The van der Waals surface area contributed by atoms with E-state index in [1.807, 2.05) is 12.5 Å². The molecular formula is C16H19N5S. The van der Waals surface area contributed by atoms with Gasteiger partial charge in [-0.15, -0.1) is 11.3 Å². The van der Waals surface area contributed by atoms with E-state index in [0.29, 0.717) is 6.04 Å². The van der Waals surface area contributed by atoms with E-state index < -0.39 is 0 Å². The lowest BCUT2D eigenvalue weighted by atomic mass is 10.1. The fraction of sp³-hybridized carbons (Fsp3) is 0.438. The summed E-state index contributed by atoms with van der Waals surface area (Å²) in [5.41, 5.74) is 1.40. The Morgan fingerprint density at radius 2 is 2.27 bits per heavy atom. The smallest absolute Gasteiger partial charge is 0.141 e. The molecule has 1 atom stereocenters. The Labute approximate surface area is 133 Å². The van der Waals surface area contributed by atoms with Gasteiger partial charge in [0.15, 0.2) is 0 Å². The highest BCUT2D eigenvalue weighted by Gasteiger charge is 2.27. The minimum atomic E-state index is 0.484. The molecule has 0 N–H and O–H groups in total. The van der Waals surface area contributed by atoms with Crippen molar-refractivity contribution in [2.45, 2.75) is 32.7 Å². The van der Waals surface area contributed by atoms with Gasteiger partial charge in [0.1, 0.15) is 17.0 Å². The lowest BCUT2D eigenvalue weighted by Gasteiger charge is -2.19. The lowest BCUT2D eigenvalue weighted by molar-refractivity contribution is 0.551. The van der Waals surface area contributed by atoms with Crippen LogP contribution in [0.5, 0.6) is 0 Å². The monoisotopic (exact) mass is 313 g/mol. The van der Waals surface area contributed by atoms with E-state index in [0.717, 1.165) is 36.6 Å². The topological polar surface area (TPSA) is 46.8 Å². The molecule has 1 aliphatic rings. The Hall–Kier alpha value is -1.95. The lowest BCUT2D eigenvalue weighted by Crippen LogP contribution is -2.22. The number of nitrogens with zero attached hydrogens (tertiary/aromatic N) is 5. The van der Waals surface area contributed by atoms with E-state index in [-0.39, 0.29) is 0 Å². The molecule has 3 aromatic rings. The van der Waals surface area contributed by atoms with Crippen molar-refractivity contribution in [3.63, 3.8) is 0 Å². The minimum absolute atomic E-state index is 0.484. The summed E-state index contributed by atoms with van der Waals surface area (Å²) in [6, 6.07) is 0.484. The first-order chi connectivity index (χ1) is 10.8. The number of thiophene rings is 1. The van der Waals surface area contributed by atoms with Gasteiger partial charge in [-0.25, -0.2) is 15.0 Å². The second-order valence-corrected chi connectivity index (χ2v) is 6.97. The third-order valence-electron chi connectivity index (χ3n) is 4.53. The zero-order chi connectivity index (χ0) is 15.1. The molecule has 0 amide bonds. The van der Waals surface area contributed by atoms with Gasteiger partial charge in [-0.2, -0.15) is 0 Å². The predicted molar refractivity (Wildman–Crippen MR) is 89.6 cm³/mol. The summed E-state index contributed by atoms with van der Waals surface area (Å²) < 4.78 is 2.21. The molecular weight excluding hydrogens is 294 g/mol. The summed E-state index contributed by atoms with van der Waals surface area (Å²) in [5, 5.41) is 1.26. The van der Waals surface area contributed by atoms with Crippen LogP contribution in [-0.2, 0) is 6.42 Å². The van der Waals surface area contributed by atoms with E-state index in [2.05, 4.69) is 44.5 Å². The highest BCUT2D eigenvalue weighted by Crippen LogP contribution is 2.37. The van der Waals surface area contributed by atoms with Crippen LogP contribution in [0.1, 0.15) is 29.8 Å². The molecule has 1 fully saturated rings. The van der Waals surface area contributed by atoms with Crippen LogP contribution in [0.3, 0.4) is 0 Å². The van der Waals surface area contributed by atoms with Crippen LogP contribution in [0.15, 0.2) is 25.0 Å². The quantitative estimate of drug-likeness (QED) is 0.745. The van der Waals surface area contributed by atoms with Gasteiger partial charge in [0.25, 0.3) is 0 Å². The third kappa shape index (κ3) is 2.09. The SMILES string of the molecule is CCc1c(C)sc2ncnc(N3CCC(n4ccnc4)C3)c12. The van der Waals surface area contributed by atoms with Gasteiger partial charge in [-0.1, -0.05) is 6.92 Å². The standard InChI is InChI=1S/C16H19N5S/c1-3-13-11(2)22-16-14(13)15(18-9-19-16)20-6-4-12(8-20)21-7-5-17-10-21/h5,7,9-10,12H,3-4,6,8H2,1-2H3. The molecule has 114 valence electrons. The van der Waals surface area contributed by atoms with Crippen molar-refractivity contribution < 1.29 is 0 Å². The van der Waals surface area contributed by atoms with E-state index in [4.69, 9.17) is 0 Å². The fourth-order valence-electron chi connectivity index (χ4n) is 3.41. The Bertz CT molecular complexity index is 792. The molecule has 0 spiro atoms. The summed E-state index contributed by atoms with van der Waals surface area (Å²) >= 11 is 1.78. The Morgan fingerprint density at radius 1 is 1.36 bits per heavy atom. The van der Waals surface area contributed by atoms with Gasteiger partial charge < -0.3 is 9.47 Å². The van der Waals surface area contributed by atoms with Crippen molar-refractivity contribution in [2.24, 2.45) is 0 Å². The molecule has 6 heteroatoms. The molecule has 0 radical (unpaired) electrons. The van der Waals surface area contributed by atoms with Crippen LogP contribution in [0.25, 0.3) is 10.2 Å². The number of hydrogen-bond acceptors (Lipinski definition) is 5. The number of hydrogen-bond donors (Lipinski definition) is 0. The van der Waals surface area contributed by atoms with Crippen molar-refractivity contribution in [3.8, 4) is 0 Å². The first kappa shape index (κ1) is 13.7. The molecule has 1 aliphatic heterocycles. The van der Waals surface area contributed by atoms with Gasteiger partial charge in [-0.3, -0.25) is 0 Å². The molecule has 0 saturated carbocycles. The molecule has 0 aromatic carbocycles. The molecule has 1 unspecified atom stereocenters. The number of rotatable bonds is 3. The molecule has 0 aliphatic carbocycles. The molecule has 1 saturated heterocycles. The molecule has 0 bridgehead atoms. The first-order valence-electron chi connectivity index (χ1n) is 7.73. The number of imidazole rings is 1. The van der Waals surface area contributed by atoms with Crippen LogP contribution >= 0.6 is 11.3 Å². The number of aromatic nitrogens is 4. The maximum Gasteiger partial charge on any atom is 0.141 e. The van der Waals surface area contributed by atoms with Crippen LogP contribution in [-0.4, -0.2) is 32.6 Å². The first-order valence-corrected chi connectivity index (χ1v) is 8.55. The minimum Gasteiger partial charge on any atom is -0.354 e. The van der Waals surface area contributed by atoms with Crippen molar-refractivity contribution in [2.75, 3.05) is 18.0 Å². The Balaban J connectivity index is 1.73. The van der Waals surface area contributed by atoms with Crippen molar-refractivity contribution in [1.82, 2.24) is 19.5 Å². The Kier molecular flexibility index (Phi) is 3.33. The summed E-state index contributed by atoms with van der Waals surface area (Å²) in [6.45, 7) is 6.42. The number of fused-ring (bicyclic) bond motifs is 1. The second-order valence-electron chi connectivity index (χ2n) is 5.77. The zero-order valence-electron chi connectivity index (χ0n) is 12.9. The normalized spacial score (nSPS) is 18.5. The zero-order valence-corrected chi connectivity index (χ0v) is 13.7. The van der Waals surface area contributed by atoms with E-state index >= 15 is 0 Å². The molecule has 22 heavy (non-hydrogen) atoms. The van der Waals surface area contributed by atoms with Crippen molar-refractivity contribution >= 4 is 27.4 Å².